The lowest BCUT2D eigenvalue weighted by Crippen LogP contribution is -2.33. The number of nitrogens with one attached hydrogen (secondary N) is 2. The van der Waals surface area contributed by atoms with E-state index in [-0.39, 0.29) is 60.5 Å². The Morgan fingerprint density at radius 1 is 1.30 bits per heavy atom. The van der Waals surface area contributed by atoms with Crippen molar-refractivity contribution >= 4 is 47.2 Å². The number of hydrogen-bond donors (Lipinski definition) is 2. The molecule has 1 aliphatic heterocycles. The minimum Gasteiger partial charge on any atom is -0.444 e. The second-order valence-electron chi connectivity index (χ2n) is 8.03. The van der Waals surface area contributed by atoms with E-state index in [1.807, 2.05) is 13.8 Å². The van der Waals surface area contributed by atoms with E-state index in [2.05, 4.69) is 15.6 Å². The number of piperidine rings is 1. The molecule has 11 heteroatoms. The zero-order valence-corrected chi connectivity index (χ0v) is 20.1. The van der Waals surface area contributed by atoms with E-state index >= 15 is 0 Å². The van der Waals surface area contributed by atoms with Crippen molar-refractivity contribution in [3.05, 3.63) is 46.0 Å². The molecule has 33 heavy (non-hydrogen) atoms. The van der Waals surface area contributed by atoms with Gasteiger partial charge < -0.3 is 15.4 Å². The molecule has 1 aromatic carbocycles. The van der Waals surface area contributed by atoms with Gasteiger partial charge in [-0.05, 0) is 50.0 Å². The first-order valence-electron chi connectivity index (χ1n) is 10.5. The largest absolute Gasteiger partial charge is 0.444 e. The van der Waals surface area contributed by atoms with Gasteiger partial charge in [-0.15, -0.1) is 23.7 Å². The van der Waals surface area contributed by atoms with Crippen LogP contribution < -0.4 is 15.4 Å². The molecular formula is C22H28ClFN4O4S. The maximum Gasteiger partial charge on any atom is 0.310 e. The number of thiazole rings is 1. The fourth-order valence-corrected chi connectivity index (χ4v) is 3.98. The fourth-order valence-electron chi connectivity index (χ4n) is 3.27. The molecule has 2 N–H and O–H groups in total. The number of carbonyl (C=O) groups is 3. The van der Waals surface area contributed by atoms with Crippen molar-refractivity contribution in [2.24, 2.45) is 16.8 Å². The molecule has 1 fully saturated rings. The second-order valence-corrected chi connectivity index (χ2v) is 8.90. The van der Waals surface area contributed by atoms with Gasteiger partial charge in [-0.2, -0.15) is 4.99 Å². The van der Waals surface area contributed by atoms with Crippen LogP contribution in [0.1, 0.15) is 43.5 Å². The third-order valence-electron chi connectivity index (χ3n) is 4.96. The first kappa shape index (κ1) is 26.7. The zero-order valence-electron chi connectivity index (χ0n) is 18.5. The molecule has 0 spiro atoms. The van der Waals surface area contributed by atoms with Gasteiger partial charge in [0.2, 0.25) is 5.91 Å². The van der Waals surface area contributed by atoms with Gasteiger partial charge in [-0.1, -0.05) is 13.8 Å². The summed E-state index contributed by atoms with van der Waals surface area (Å²) in [4.78, 5) is 41.0. The average Bonchev–Trinajstić information content (AvgIpc) is 3.20. The van der Waals surface area contributed by atoms with Gasteiger partial charge in [0.15, 0.2) is 11.5 Å². The van der Waals surface area contributed by atoms with E-state index < -0.39 is 11.7 Å². The van der Waals surface area contributed by atoms with Crippen molar-refractivity contribution in [1.82, 2.24) is 9.88 Å². The van der Waals surface area contributed by atoms with Crippen LogP contribution in [-0.4, -0.2) is 35.4 Å². The molecular weight excluding hydrogens is 471 g/mol. The molecule has 2 aromatic rings. The molecule has 1 saturated heterocycles. The number of aromatic nitrogens is 1. The van der Waals surface area contributed by atoms with Crippen molar-refractivity contribution < 1.29 is 23.5 Å². The molecule has 0 aliphatic carbocycles. The van der Waals surface area contributed by atoms with Gasteiger partial charge in [0.1, 0.15) is 5.82 Å². The highest BCUT2D eigenvalue weighted by atomic mass is 35.5. The quantitative estimate of drug-likeness (QED) is 0.570. The Kier molecular flexibility index (Phi) is 10.2. The highest BCUT2D eigenvalue weighted by molar-refractivity contribution is 7.07. The smallest absolute Gasteiger partial charge is 0.310 e. The lowest BCUT2D eigenvalue weighted by molar-refractivity contribution is -0.153. The summed E-state index contributed by atoms with van der Waals surface area (Å²) in [6.07, 6.45) is 3.42. The van der Waals surface area contributed by atoms with Crippen LogP contribution in [0.4, 0.5) is 10.1 Å². The van der Waals surface area contributed by atoms with Crippen LogP contribution in [0.25, 0.3) is 0 Å². The average molecular weight is 499 g/mol. The van der Waals surface area contributed by atoms with Gasteiger partial charge in [0, 0.05) is 23.6 Å². The third kappa shape index (κ3) is 7.76. The Morgan fingerprint density at radius 2 is 2.03 bits per heavy atom. The highest BCUT2D eigenvalue weighted by Crippen LogP contribution is 2.18. The second kappa shape index (κ2) is 12.6. The number of benzene rings is 1. The van der Waals surface area contributed by atoms with E-state index in [4.69, 9.17) is 4.74 Å². The SMILES string of the molecule is CC(C)CC(=O)Nc1ccc(C(=O)/N=c2\sccn2COC(=O)C2CCNCC2)cc1F.Cl. The number of rotatable bonds is 7. The maximum absolute atomic E-state index is 14.4. The number of anilines is 1. The summed E-state index contributed by atoms with van der Waals surface area (Å²) < 4.78 is 21.3. The molecule has 3 rings (SSSR count). The molecule has 8 nitrogen and oxygen atoms in total. The lowest BCUT2D eigenvalue weighted by atomic mass is 9.99. The normalized spacial score (nSPS) is 14.6. The Hall–Kier alpha value is -2.56. The van der Waals surface area contributed by atoms with Crippen molar-refractivity contribution in [2.75, 3.05) is 18.4 Å². The summed E-state index contributed by atoms with van der Waals surface area (Å²) in [5.41, 5.74) is 0.0687. The van der Waals surface area contributed by atoms with E-state index in [0.717, 1.165) is 32.0 Å². The summed E-state index contributed by atoms with van der Waals surface area (Å²) in [6, 6.07) is 3.81. The molecule has 0 bridgehead atoms. The first-order valence-corrected chi connectivity index (χ1v) is 11.4. The summed E-state index contributed by atoms with van der Waals surface area (Å²) in [7, 11) is 0. The predicted molar refractivity (Wildman–Crippen MR) is 126 cm³/mol. The number of esters is 1. The molecule has 0 unspecified atom stereocenters. The molecule has 1 aliphatic rings. The molecule has 0 radical (unpaired) electrons. The van der Waals surface area contributed by atoms with E-state index in [9.17, 15) is 18.8 Å². The molecule has 2 heterocycles. The van der Waals surface area contributed by atoms with Crippen LogP contribution in [-0.2, 0) is 21.1 Å². The number of carbonyl (C=O) groups excluding carboxylic acids is 3. The van der Waals surface area contributed by atoms with Crippen LogP contribution in [0.3, 0.4) is 0 Å². The van der Waals surface area contributed by atoms with E-state index in [0.29, 0.717) is 4.80 Å². The minimum absolute atomic E-state index is 0. The van der Waals surface area contributed by atoms with Crippen LogP contribution in [0, 0.1) is 17.7 Å². The zero-order chi connectivity index (χ0) is 23.1. The number of ether oxygens (including phenoxy) is 1. The molecule has 2 amide bonds. The third-order valence-corrected chi connectivity index (χ3v) is 5.75. The lowest BCUT2D eigenvalue weighted by Gasteiger charge is -2.20. The predicted octanol–water partition coefficient (Wildman–Crippen LogP) is 3.34. The highest BCUT2D eigenvalue weighted by Gasteiger charge is 2.22. The summed E-state index contributed by atoms with van der Waals surface area (Å²) in [5.74, 6) is -1.88. The number of hydrogen-bond acceptors (Lipinski definition) is 6. The standard InChI is InChI=1S/C22H27FN4O4S.ClH/c1-14(2)11-19(28)25-18-4-3-16(12-17(18)23)20(29)26-22-27(9-10-32-22)13-31-21(30)15-5-7-24-8-6-15;/h3-4,9-10,12,14-15,24H,5-8,11,13H2,1-2H3,(H,25,28);1H/b26-22-;. The summed E-state index contributed by atoms with van der Waals surface area (Å²) >= 11 is 1.20. The summed E-state index contributed by atoms with van der Waals surface area (Å²) in [5, 5.41) is 7.43. The van der Waals surface area contributed by atoms with Crippen molar-refractivity contribution in [2.45, 2.75) is 39.8 Å². The Bertz CT molecular complexity index is 1050. The minimum atomic E-state index is -0.710. The van der Waals surface area contributed by atoms with E-state index in [1.54, 1.807) is 16.1 Å². The van der Waals surface area contributed by atoms with Gasteiger partial charge in [-0.3, -0.25) is 19.0 Å². The molecule has 1 aromatic heterocycles. The molecule has 0 saturated carbocycles. The fraction of sp³-hybridized carbons (Fsp3) is 0.455. The maximum atomic E-state index is 14.4. The van der Waals surface area contributed by atoms with Gasteiger partial charge in [-0.25, -0.2) is 4.39 Å². The van der Waals surface area contributed by atoms with Crippen LogP contribution in [0.15, 0.2) is 34.8 Å². The van der Waals surface area contributed by atoms with Crippen LogP contribution in [0.2, 0.25) is 0 Å². The van der Waals surface area contributed by atoms with E-state index in [1.165, 1.54) is 23.5 Å². The Labute approximate surface area is 201 Å². The van der Waals surface area contributed by atoms with Crippen molar-refractivity contribution in [1.29, 1.82) is 0 Å². The number of nitrogens with zero attached hydrogens (tertiary/aromatic N) is 2. The van der Waals surface area contributed by atoms with Gasteiger partial charge in [0.05, 0.1) is 11.6 Å². The van der Waals surface area contributed by atoms with Gasteiger partial charge >= 0.3 is 5.97 Å². The van der Waals surface area contributed by atoms with Crippen LogP contribution in [0.5, 0.6) is 0 Å². The topological polar surface area (TPSA) is 102 Å². The summed E-state index contributed by atoms with van der Waals surface area (Å²) in [6.45, 7) is 5.32. The Morgan fingerprint density at radius 3 is 2.70 bits per heavy atom. The number of halogens is 2. The molecule has 0 atom stereocenters. The number of amides is 2. The van der Waals surface area contributed by atoms with Crippen molar-refractivity contribution in [3.8, 4) is 0 Å². The van der Waals surface area contributed by atoms with Gasteiger partial charge in [0.25, 0.3) is 5.91 Å². The molecule has 180 valence electrons. The first-order chi connectivity index (χ1) is 15.3. The Balaban J connectivity index is 0.00000385. The van der Waals surface area contributed by atoms with Crippen molar-refractivity contribution in [3.63, 3.8) is 0 Å². The monoisotopic (exact) mass is 498 g/mol. The van der Waals surface area contributed by atoms with Crippen LogP contribution >= 0.6 is 23.7 Å².